The molecule has 1 saturated carbocycles. The molecular formula is C14H27N3O2. The van der Waals surface area contributed by atoms with E-state index in [0.29, 0.717) is 32.6 Å². The zero-order valence-electron chi connectivity index (χ0n) is 12.2. The van der Waals surface area contributed by atoms with Crippen molar-refractivity contribution in [2.45, 2.75) is 49.6 Å². The summed E-state index contributed by atoms with van der Waals surface area (Å²) < 4.78 is 5.28. The van der Waals surface area contributed by atoms with Crippen LogP contribution in [-0.2, 0) is 9.53 Å². The molecule has 5 heteroatoms. The van der Waals surface area contributed by atoms with Gasteiger partial charge < -0.3 is 20.7 Å². The first-order chi connectivity index (χ1) is 8.99. The molecule has 1 aliphatic carbocycles. The molecular weight excluding hydrogens is 242 g/mol. The van der Waals surface area contributed by atoms with Crippen LogP contribution in [0.3, 0.4) is 0 Å². The van der Waals surface area contributed by atoms with Gasteiger partial charge in [-0.2, -0.15) is 0 Å². The fourth-order valence-electron chi connectivity index (χ4n) is 3.20. The normalized spacial score (nSPS) is 25.5. The maximum Gasteiger partial charge on any atom is 0.240 e. The van der Waals surface area contributed by atoms with Gasteiger partial charge >= 0.3 is 0 Å². The van der Waals surface area contributed by atoms with Crippen molar-refractivity contribution in [3.63, 3.8) is 0 Å². The van der Waals surface area contributed by atoms with Gasteiger partial charge in [-0.15, -0.1) is 0 Å². The SMILES string of the molecule is CN(C)C1(CNC(=O)C2(N)CCOCC2)CCCC1. The Morgan fingerprint density at radius 1 is 1.21 bits per heavy atom. The number of amides is 1. The highest BCUT2D eigenvalue weighted by Crippen LogP contribution is 2.33. The Kier molecular flexibility index (Phi) is 4.48. The molecule has 0 radical (unpaired) electrons. The van der Waals surface area contributed by atoms with Gasteiger partial charge in [0.25, 0.3) is 0 Å². The van der Waals surface area contributed by atoms with Crippen LogP contribution in [-0.4, -0.2) is 55.7 Å². The Bertz CT molecular complexity index is 319. The fourth-order valence-corrected chi connectivity index (χ4v) is 3.20. The Hall–Kier alpha value is -0.650. The van der Waals surface area contributed by atoms with Crippen LogP contribution in [0.4, 0.5) is 0 Å². The van der Waals surface area contributed by atoms with E-state index in [0.717, 1.165) is 12.8 Å². The minimum atomic E-state index is -0.732. The van der Waals surface area contributed by atoms with Gasteiger partial charge in [-0.25, -0.2) is 0 Å². The Balaban J connectivity index is 1.92. The van der Waals surface area contributed by atoms with Gasteiger partial charge in [-0.3, -0.25) is 4.79 Å². The number of likely N-dealkylation sites (N-methyl/N-ethyl adjacent to an activating group) is 1. The van der Waals surface area contributed by atoms with Crippen LogP contribution in [0.1, 0.15) is 38.5 Å². The van der Waals surface area contributed by atoms with E-state index in [9.17, 15) is 4.79 Å². The van der Waals surface area contributed by atoms with Gasteiger partial charge in [-0.05, 0) is 39.8 Å². The van der Waals surface area contributed by atoms with E-state index in [-0.39, 0.29) is 11.4 Å². The molecule has 2 rings (SSSR count). The molecule has 2 fully saturated rings. The van der Waals surface area contributed by atoms with Crippen LogP contribution in [0.25, 0.3) is 0 Å². The zero-order valence-corrected chi connectivity index (χ0v) is 12.2. The van der Waals surface area contributed by atoms with Crippen molar-refractivity contribution in [1.29, 1.82) is 0 Å². The summed E-state index contributed by atoms with van der Waals surface area (Å²) in [6, 6.07) is 0. The van der Waals surface area contributed by atoms with E-state index < -0.39 is 5.54 Å². The molecule has 19 heavy (non-hydrogen) atoms. The number of nitrogens with zero attached hydrogens (tertiary/aromatic N) is 1. The molecule has 1 heterocycles. The number of rotatable bonds is 4. The van der Waals surface area contributed by atoms with Crippen molar-refractivity contribution in [3.8, 4) is 0 Å². The van der Waals surface area contributed by atoms with Crippen molar-refractivity contribution < 1.29 is 9.53 Å². The van der Waals surface area contributed by atoms with Crippen LogP contribution < -0.4 is 11.1 Å². The molecule has 1 aliphatic heterocycles. The predicted molar refractivity (Wildman–Crippen MR) is 74.9 cm³/mol. The third-order valence-corrected chi connectivity index (χ3v) is 4.90. The monoisotopic (exact) mass is 269 g/mol. The number of nitrogens with two attached hydrogens (primary N) is 1. The number of nitrogens with one attached hydrogen (secondary N) is 1. The standard InChI is InChI=1S/C14H27N3O2/c1-17(2)13(5-3-4-6-13)11-16-12(18)14(15)7-9-19-10-8-14/h3-11,15H2,1-2H3,(H,16,18). The second-order valence-electron chi connectivity index (χ2n) is 6.28. The third kappa shape index (κ3) is 3.09. The average molecular weight is 269 g/mol. The van der Waals surface area contributed by atoms with Crippen molar-refractivity contribution >= 4 is 5.91 Å². The average Bonchev–Trinajstić information content (AvgIpc) is 2.87. The summed E-state index contributed by atoms with van der Waals surface area (Å²) in [5.74, 6) is -0.0103. The van der Waals surface area contributed by atoms with Crippen molar-refractivity contribution in [3.05, 3.63) is 0 Å². The molecule has 1 saturated heterocycles. The minimum absolute atomic E-state index is 0.0103. The highest BCUT2D eigenvalue weighted by atomic mass is 16.5. The fraction of sp³-hybridized carbons (Fsp3) is 0.929. The summed E-state index contributed by atoms with van der Waals surface area (Å²) in [6.07, 6.45) is 6.04. The summed E-state index contributed by atoms with van der Waals surface area (Å²) in [6.45, 7) is 1.88. The van der Waals surface area contributed by atoms with Crippen LogP contribution in [0, 0.1) is 0 Å². The molecule has 0 spiro atoms. The molecule has 0 aromatic carbocycles. The molecule has 1 amide bonds. The Labute approximate surface area is 115 Å². The quantitative estimate of drug-likeness (QED) is 0.779. The van der Waals surface area contributed by atoms with Gasteiger partial charge in [0.2, 0.25) is 5.91 Å². The summed E-state index contributed by atoms with van der Waals surface area (Å²) in [7, 11) is 4.20. The van der Waals surface area contributed by atoms with Gasteiger partial charge in [0.15, 0.2) is 0 Å². The molecule has 2 aliphatic rings. The molecule has 0 bridgehead atoms. The predicted octanol–water partition coefficient (Wildman–Crippen LogP) is 0.485. The first-order valence-corrected chi connectivity index (χ1v) is 7.31. The van der Waals surface area contributed by atoms with Crippen molar-refractivity contribution in [2.75, 3.05) is 33.9 Å². The smallest absolute Gasteiger partial charge is 0.240 e. The molecule has 0 unspecified atom stereocenters. The van der Waals surface area contributed by atoms with E-state index in [4.69, 9.17) is 10.5 Å². The van der Waals surface area contributed by atoms with E-state index in [1.54, 1.807) is 0 Å². The third-order valence-electron chi connectivity index (χ3n) is 4.90. The van der Waals surface area contributed by atoms with Crippen LogP contribution >= 0.6 is 0 Å². The maximum atomic E-state index is 12.3. The molecule has 0 aromatic heterocycles. The van der Waals surface area contributed by atoms with E-state index >= 15 is 0 Å². The largest absolute Gasteiger partial charge is 0.381 e. The van der Waals surface area contributed by atoms with Crippen molar-refractivity contribution in [2.24, 2.45) is 5.73 Å². The first-order valence-electron chi connectivity index (χ1n) is 7.31. The van der Waals surface area contributed by atoms with Crippen LogP contribution in [0.5, 0.6) is 0 Å². The van der Waals surface area contributed by atoms with Gasteiger partial charge in [0, 0.05) is 25.3 Å². The molecule has 110 valence electrons. The lowest BCUT2D eigenvalue weighted by molar-refractivity contribution is -0.130. The molecule has 3 N–H and O–H groups in total. The first kappa shape index (κ1) is 14.8. The highest BCUT2D eigenvalue weighted by molar-refractivity contribution is 5.86. The summed E-state index contributed by atoms with van der Waals surface area (Å²) in [5.41, 5.74) is 5.59. The molecule has 0 atom stereocenters. The van der Waals surface area contributed by atoms with Gasteiger partial charge in [0.1, 0.15) is 0 Å². The number of carbonyl (C=O) groups is 1. The maximum absolute atomic E-state index is 12.3. The van der Waals surface area contributed by atoms with E-state index in [1.807, 2.05) is 0 Å². The number of hydrogen-bond donors (Lipinski definition) is 2. The van der Waals surface area contributed by atoms with Crippen LogP contribution in [0.15, 0.2) is 0 Å². The summed E-state index contributed by atoms with van der Waals surface area (Å²) in [5, 5.41) is 3.10. The second-order valence-corrected chi connectivity index (χ2v) is 6.28. The summed E-state index contributed by atoms with van der Waals surface area (Å²) >= 11 is 0. The molecule has 5 nitrogen and oxygen atoms in total. The van der Waals surface area contributed by atoms with E-state index in [1.165, 1.54) is 12.8 Å². The van der Waals surface area contributed by atoms with Crippen molar-refractivity contribution in [1.82, 2.24) is 10.2 Å². The minimum Gasteiger partial charge on any atom is -0.381 e. The van der Waals surface area contributed by atoms with E-state index in [2.05, 4.69) is 24.3 Å². The van der Waals surface area contributed by atoms with Crippen LogP contribution in [0.2, 0.25) is 0 Å². The second kappa shape index (κ2) is 5.77. The lowest BCUT2D eigenvalue weighted by atomic mass is 9.89. The summed E-state index contributed by atoms with van der Waals surface area (Å²) in [4.78, 5) is 14.6. The van der Waals surface area contributed by atoms with Gasteiger partial charge in [-0.1, -0.05) is 12.8 Å². The zero-order chi connectivity index (χ0) is 13.9. The topological polar surface area (TPSA) is 67.6 Å². The lowest BCUT2D eigenvalue weighted by Crippen LogP contribution is -2.60. The lowest BCUT2D eigenvalue weighted by Gasteiger charge is -2.38. The van der Waals surface area contributed by atoms with Gasteiger partial charge in [0.05, 0.1) is 5.54 Å². The Morgan fingerprint density at radius 2 is 1.79 bits per heavy atom. The Morgan fingerprint density at radius 3 is 2.32 bits per heavy atom. The number of ether oxygens (including phenoxy) is 1. The number of carbonyl (C=O) groups excluding carboxylic acids is 1. The molecule has 0 aromatic rings. The highest BCUT2D eigenvalue weighted by Gasteiger charge is 2.40. The number of hydrogen-bond acceptors (Lipinski definition) is 4.